The molecule has 4 heteroatoms. The fraction of sp³-hybridized carbons (Fsp3) is 0.500. The number of nitrogens with one attached hydrogen (secondary N) is 1. The van der Waals surface area contributed by atoms with Crippen LogP contribution in [0.1, 0.15) is 6.92 Å². The summed E-state index contributed by atoms with van der Waals surface area (Å²) in [6.45, 7) is 5.31. The summed E-state index contributed by atoms with van der Waals surface area (Å²) in [5, 5.41) is 3.37. The molecular formula is C10H14BrN3. The van der Waals surface area contributed by atoms with Crippen LogP contribution in [0.4, 0.5) is 5.82 Å². The molecule has 0 aliphatic carbocycles. The number of rotatable bonds is 1. The molecule has 1 atom stereocenters. The zero-order valence-corrected chi connectivity index (χ0v) is 9.79. The molecule has 0 amide bonds. The van der Waals surface area contributed by atoms with E-state index in [1.807, 2.05) is 18.3 Å². The van der Waals surface area contributed by atoms with Crippen molar-refractivity contribution in [3.8, 4) is 0 Å². The van der Waals surface area contributed by atoms with Crippen molar-refractivity contribution in [1.82, 2.24) is 10.3 Å². The average molecular weight is 256 g/mol. The van der Waals surface area contributed by atoms with E-state index >= 15 is 0 Å². The van der Waals surface area contributed by atoms with Gasteiger partial charge in [0.25, 0.3) is 0 Å². The first kappa shape index (κ1) is 9.93. The molecule has 2 rings (SSSR count). The molecule has 0 saturated carbocycles. The van der Waals surface area contributed by atoms with Gasteiger partial charge >= 0.3 is 0 Å². The Morgan fingerprint density at radius 3 is 3.21 bits per heavy atom. The standard InChI is InChI=1S/C10H14BrN3/c1-8-7-12-5-6-14(8)10-9(11)3-2-4-13-10/h2-4,8,12H,5-7H2,1H3/t8-/m1/s1. The lowest BCUT2D eigenvalue weighted by molar-refractivity contribution is 0.496. The van der Waals surface area contributed by atoms with Gasteiger partial charge in [-0.05, 0) is 35.0 Å². The molecule has 1 aromatic rings. The number of anilines is 1. The predicted octanol–water partition coefficient (Wildman–Crippen LogP) is 1.64. The number of halogens is 1. The summed E-state index contributed by atoms with van der Waals surface area (Å²) < 4.78 is 1.08. The van der Waals surface area contributed by atoms with Crippen LogP contribution < -0.4 is 10.2 Å². The molecule has 76 valence electrons. The van der Waals surface area contributed by atoms with Crippen molar-refractivity contribution < 1.29 is 0 Å². The van der Waals surface area contributed by atoms with Gasteiger partial charge in [-0.2, -0.15) is 0 Å². The third-order valence-corrected chi connectivity index (χ3v) is 3.13. The third kappa shape index (κ3) is 1.91. The first-order valence-electron chi connectivity index (χ1n) is 4.87. The highest BCUT2D eigenvalue weighted by Gasteiger charge is 2.20. The molecule has 1 aliphatic heterocycles. The fourth-order valence-corrected chi connectivity index (χ4v) is 2.23. The molecule has 1 fully saturated rings. The largest absolute Gasteiger partial charge is 0.350 e. The van der Waals surface area contributed by atoms with Crippen LogP contribution in [0.5, 0.6) is 0 Å². The summed E-state index contributed by atoms with van der Waals surface area (Å²) >= 11 is 3.53. The summed E-state index contributed by atoms with van der Waals surface area (Å²) in [6, 6.07) is 4.49. The van der Waals surface area contributed by atoms with Crippen LogP contribution in [-0.2, 0) is 0 Å². The zero-order valence-electron chi connectivity index (χ0n) is 8.20. The normalized spacial score (nSPS) is 22.4. The van der Waals surface area contributed by atoms with Gasteiger partial charge in [0.1, 0.15) is 5.82 Å². The number of aromatic nitrogens is 1. The van der Waals surface area contributed by atoms with E-state index in [-0.39, 0.29) is 0 Å². The van der Waals surface area contributed by atoms with Gasteiger partial charge in [-0.3, -0.25) is 0 Å². The Labute approximate surface area is 92.6 Å². The maximum absolute atomic E-state index is 4.40. The van der Waals surface area contributed by atoms with Gasteiger partial charge in [0.05, 0.1) is 4.47 Å². The molecule has 3 nitrogen and oxygen atoms in total. The quantitative estimate of drug-likeness (QED) is 0.828. The first-order chi connectivity index (χ1) is 6.79. The van der Waals surface area contributed by atoms with E-state index in [1.54, 1.807) is 0 Å². The Balaban J connectivity index is 2.25. The van der Waals surface area contributed by atoms with E-state index in [9.17, 15) is 0 Å². The monoisotopic (exact) mass is 255 g/mol. The van der Waals surface area contributed by atoms with Crippen molar-refractivity contribution in [3.63, 3.8) is 0 Å². The Morgan fingerprint density at radius 1 is 1.64 bits per heavy atom. The van der Waals surface area contributed by atoms with Crippen LogP contribution in [0.15, 0.2) is 22.8 Å². The number of piperazine rings is 1. The van der Waals surface area contributed by atoms with Crippen molar-refractivity contribution in [2.75, 3.05) is 24.5 Å². The second-order valence-electron chi connectivity index (χ2n) is 3.56. The molecule has 14 heavy (non-hydrogen) atoms. The SMILES string of the molecule is C[C@@H]1CNCCN1c1ncccc1Br. The van der Waals surface area contributed by atoms with Gasteiger partial charge in [0.15, 0.2) is 0 Å². The van der Waals surface area contributed by atoms with Crippen LogP contribution >= 0.6 is 15.9 Å². The van der Waals surface area contributed by atoms with E-state index < -0.39 is 0 Å². The Morgan fingerprint density at radius 2 is 2.50 bits per heavy atom. The third-order valence-electron chi connectivity index (χ3n) is 2.51. The molecule has 0 unspecified atom stereocenters. The second kappa shape index (κ2) is 4.28. The van der Waals surface area contributed by atoms with E-state index in [2.05, 4.69) is 38.1 Å². The van der Waals surface area contributed by atoms with Gasteiger partial charge in [-0.15, -0.1) is 0 Å². The first-order valence-corrected chi connectivity index (χ1v) is 5.66. The van der Waals surface area contributed by atoms with E-state index in [4.69, 9.17) is 0 Å². The topological polar surface area (TPSA) is 28.2 Å². The number of pyridine rings is 1. The van der Waals surface area contributed by atoms with E-state index in [0.29, 0.717) is 6.04 Å². The number of hydrogen-bond acceptors (Lipinski definition) is 3. The maximum atomic E-state index is 4.40. The molecule has 1 saturated heterocycles. The van der Waals surface area contributed by atoms with E-state index in [1.165, 1.54) is 0 Å². The highest BCUT2D eigenvalue weighted by molar-refractivity contribution is 9.10. The molecule has 0 aromatic carbocycles. The van der Waals surface area contributed by atoms with Crippen molar-refractivity contribution in [1.29, 1.82) is 0 Å². The summed E-state index contributed by atoms with van der Waals surface area (Å²) in [4.78, 5) is 6.74. The van der Waals surface area contributed by atoms with Crippen LogP contribution in [0.25, 0.3) is 0 Å². The summed E-state index contributed by atoms with van der Waals surface area (Å²) in [5.74, 6) is 1.06. The van der Waals surface area contributed by atoms with Crippen LogP contribution in [0.3, 0.4) is 0 Å². The minimum Gasteiger partial charge on any atom is -0.350 e. The molecule has 0 spiro atoms. The van der Waals surface area contributed by atoms with Crippen LogP contribution in [-0.4, -0.2) is 30.7 Å². The number of hydrogen-bond donors (Lipinski definition) is 1. The minimum absolute atomic E-state index is 0.509. The lowest BCUT2D eigenvalue weighted by Gasteiger charge is -2.35. The fourth-order valence-electron chi connectivity index (χ4n) is 1.74. The molecule has 0 bridgehead atoms. The van der Waals surface area contributed by atoms with Gasteiger partial charge in [-0.1, -0.05) is 0 Å². The van der Waals surface area contributed by atoms with Crippen LogP contribution in [0, 0.1) is 0 Å². The lowest BCUT2D eigenvalue weighted by Crippen LogP contribution is -2.50. The summed E-state index contributed by atoms with van der Waals surface area (Å²) in [7, 11) is 0. The van der Waals surface area contributed by atoms with Gasteiger partial charge in [0.2, 0.25) is 0 Å². The molecule has 0 radical (unpaired) electrons. The van der Waals surface area contributed by atoms with Crippen LogP contribution in [0.2, 0.25) is 0 Å². The highest BCUT2D eigenvalue weighted by Crippen LogP contribution is 2.24. The Kier molecular flexibility index (Phi) is 3.03. The highest BCUT2D eigenvalue weighted by atomic mass is 79.9. The molecule has 1 aliphatic rings. The molecular weight excluding hydrogens is 242 g/mol. The zero-order chi connectivity index (χ0) is 9.97. The lowest BCUT2D eigenvalue weighted by atomic mass is 10.2. The van der Waals surface area contributed by atoms with Crippen molar-refractivity contribution in [2.24, 2.45) is 0 Å². The smallest absolute Gasteiger partial charge is 0.143 e. The van der Waals surface area contributed by atoms with E-state index in [0.717, 1.165) is 29.9 Å². The van der Waals surface area contributed by atoms with Gasteiger partial charge in [0, 0.05) is 31.9 Å². The van der Waals surface area contributed by atoms with Crippen molar-refractivity contribution in [2.45, 2.75) is 13.0 Å². The average Bonchev–Trinajstić information content (AvgIpc) is 2.20. The summed E-state index contributed by atoms with van der Waals surface area (Å²) in [6.07, 6.45) is 1.84. The Hall–Kier alpha value is -0.610. The molecule has 2 heterocycles. The van der Waals surface area contributed by atoms with Gasteiger partial charge < -0.3 is 10.2 Å². The summed E-state index contributed by atoms with van der Waals surface area (Å²) in [5.41, 5.74) is 0. The molecule has 1 N–H and O–H groups in total. The molecule has 1 aromatic heterocycles. The van der Waals surface area contributed by atoms with Crippen molar-refractivity contribution in [3.05, 3.63) is 22.8 Å². The predicted molar refractivity (Wildman–Crippen MR) is 61.6 cm³/mol. The minimum atomic E-state index is 0.509. The van der Waals surface area contributed by atoms with Gasteiger partial charge in [-0.25, -0.2) is 4.98 Å². The van der Waals surface area contributed by atoms with Crippen molar-refractivity contribution >= 4 is 21.7 Å². The maximum Gasteiger partial charge on any atom is 0.143 e. The Bertz CT molecular complexity index is 316. The number of nitrogens with zero attached hydrogens (tertiary/aromatic N) is 2. The second-order valence-corrected chi connectivity index (χ2v) is 4.41.